The molecular weight excluding hydrogens is 435 g/mol. The Morgan fingerprint density at radius 3 is 2.30 bits per heavy atom. The third kappa shape index (κ3) is 4.68. The molecule has 1 heterocycles. The first kappa shape index (κ1) is 20.1. The van der Waals surface area contributed by atoms with Crippen molar-refractivity contribution in [3.05, 3.63) is 108 Å². The zero-order valence-corrected chi connectivity index (χ0v) is 18.6. The van der Waals surface area contributed by atoms with Gasteiger partial charge < -0.3 is 0 Å². The second-order valence-electron chi connectivity index (χ2n) is 7.13. The number of rotatable bonds is 5. The monoisotopic (exact) mass is 458 g/mol. The van der Waals surface area contributed by atoms with Crippen LogP contribution in [0.15, 0.2) is 91.1 Å². The first-order valence-corrected chi connectivity index (χ1v) is 11.5. The van der Waals surface area contributed by atoms with E-state index in [9.17, 15) is 4.79 Å². The molecule has 0 aliphatic carbocycles. The third-order valence-electron chi connectivity index (χ3n) is 4.75. The van der Waals surface area contributed by atoms with E-state index in [-0.39, 0.29) is 20.9 Å². The molecule has 4 aromatic rings. The number of nitrogens with zero attached hydrogens (tertiary/aromatic N) is 1. The second kappa shape index (κ2) is 9.08. The number of aromatic nitrogens is 1. The fourth-order valence-electron chi connectivity index (χ4n) is 3.19. The Morgan fingerprint density at radius 2 is 1.53 bits per heavy atom. The molecule has 30 heavy (non-hydrogen) atoms. The van der Waals surface area contributed by atoms with E-state index in [4.69, 9.17) is 0 Å². The van der Waals surface area contributed by atoms with Crippen LogP contribution in [-0.4, -0.2) is 25.8 Å². The number of hydrogen-bond acceptors (Lipinski definition) is 2. The quantitative estimate of drug-likeness (QED) is 0.455. The zero-order valence-electron chi connectivity index (χ0n) is 16.9. The number of para-hydroxylation sites is 1. The standard InChI is InChI=1S/C26H22N2OSe/c1-18-10-13-20(14-11-18)30-25-15-12-19(2)17-22(25)21-7-3-4-8-23(21)28-26(29)24-9-5-6-16-27-24/h3-17H,1-2H3,(H,28,29). The Kier molecular flexibility index (Phi) is 6.08. The topological polar surface area (TPSA) is 42.0 Å². The van der Waals surface area contributed by atoms with Crippen molar-refractivity contribution in [1.29, 1.82) is 0 Å². The summed E-state index contributed by atoms with van der Waals surface area (Å²) in [5, 5.41) is 3.05. The first-order valence-electron chi connectivity index (χ1n) is 9.77. The third-order valence-corrected chi connectivity index (χ3v) is 7.02. The number of nitrogens with one attached hydrogen (secondary N) is 1. The van der Waals surface area contributed by atoms with Gasteiger partial charge in [-0.05, 0) is 0 Å². The first-order chi connectivity index (χ1) is 14.6. The van der Waals surface area contributed by atoms with E-state index in [1.807, 2.05) is 24.3 Å². The van der Waals surface area contributed by atoms with Crippen molar-refractivity contribution in [2.75, 3.05) is 5.32 Å². The Balaban J connectivity index is 1.71. The Morgan fingerprint density at radius 1 is 0.800 bits per heavy atom. The summed E-state index contributed by atoms with van der Waals surface area (Å²) in [5.41, 5.74) is 5.84. The Bertz CT molecular complexity index is 1170. The molecule has 0 saturated carbocycles. The summed E-state index contributed by atoms with van der Waals surface area (Å²) in [6, 6.07) is 28.6. The predicted octanol–water partition coefficient (Wildman–Crippen LogP) is 4.27. The number of benzene rings is 3. The number of carbonyl (C=O) groups excluding carboxylic acids is 1. The molecule has 4 heteroatoms. The number of carbonyl (C=O) groups is 1. The van der Waals surface area contributed by atoms with Crippen LogP contribution in [0.4, 0.5) is 5.69 Å². The number of hydrogen-bond donors (Lipinski definition) is 1. The van der Waals surface area contributed by atoms with E-state index < -0.39 is 0 Å². The molecule has 0 aliphatic rings. The maximum atomic E-state index is 12.7. The molecule has 0 radical (unpaired) electrons. The fraction of sp³-hybridized carbons (Fsp3) is 0.0769. The van der Waals surface area contributed by atoms with E-state index in [0.717, 1.165) is 16.8 Å². The molecule has 0 saturated heterocycles. The van der Waals surface area contributed by atoms with Gasteiger partial charge in [0.1, 0.15) is 0 Å². The van der Waals surface area contributed by atoms with Crippen molar-refractivity contribution in [1.82, 2.24) is 4.98 Å². The predicted molar refractivity (Wildman–Crippen MR) is 125 cm³/mol. The number of amides is 1. The molecule has 3 aromatic carbocycles. The van der Waals surface area contributed by atoms with Gasteiger partial charge >= 0.3 is 183 Å². The molecule has 0 aliphatic heterocycles. The molecule has 4 rings (SSSR count). The number of aryl methyl sites for hydroxylation is 2. The van der Waals surface area contributed by atoms with Gasteiger partial charge in [0, 0.05) is 0 Å². The summed E-state index contributed by atoms with van der Waals surface area (Å²) in [6.45, 7) is 4.20. The van der Waals surface area contributed by atoms with Crippen molar-refractivity contribution in [2.45, 2.75) is 13.8 Å². The van der Waals surface area contributed by atoms with E-state index >= 15 is 0 Å². The van der Waals surface area contributed by atoms with Crippen LogP contribution in [0.5, 0.6) is 0 Å². The normalized spacial score (nSPS) is 10.6. The summed E-state index contributed by atoms with van der Waals surface area (Å²) in [6.07, 6.45) is 1.63. The Hall–Kier alpha value is -3.20. The van der Waals surface area contributed by atoms with Crippen LogP contribution in [0.3, 0.4) is 0 Å². The summed E-state index contributed by atoms with van der Waals surface area (Å²) in [7, 11) is 0. The van der Waals surface area contributed by atoms with Crippen LogP contribution >= 0.6 is 0 Å². The van der Waals surface area contributed by atoms with Gasteiger partial charge in [0.15, 0.2) is 0 Å². The molecule has 1 N–H and O–H groups in total. The molecule has 1 aromatic heterocycles. The zero-order chi connectivity index (χ0) is 20.9. The average molecular weight is 457 g/mol. The fourth-order valence-corrected chi connectivity index (χ4v) is 5.16. The van der Waals surface area contributed by atoms with Crippen molar-refractivity contribution < 1.29 is 4.79 Å². The molecule has 0 spiro atoms. The van der Waals surface area contributed by atoms with Crippen LogP contribution in [0.25, 0.3) is 11.1 Å². The summed E-state index contributed by atoms with van der Waals surface area (Å²) in [5.74, 6) is -0.207. The molecule has 3 nitrogen and oxygen atoms in total. The van der Waals surface area contributed by atoms with Crippen molar-refractivity contribution in [3.8, 4) is 11.1 Å². The van der Waals surface area contributed by atoms with Gasteiger partial charge in [-0.15, -0.1) is 0 Å². The van der Waals surface area contributed by atoms with Crippen LogP contribution < -0.4 is 14.2 Å². The van der Waals surface area contributed by atoms with Gasteiger partial charge in [-0.25, -0.2) is 0 Å². The van der Waals surface area contributed by atoms with Crippen molar-refractivity contribution in [2.24, 2.45) is 0 Å². The maximum absolute atomic E-state index is 12.7. The SMILES string of the molecule is Cc1ccc([Se]c2ccc(C)cc2-c2ccccc2NC(=O)c2ccccn2)cc1. The van der Waals surface area contributed by atoms with Gasteiger partial charge in [-0.1, -0.05) is 0 Å². The number of pyridine rings is 1. The summed E-state index contributed by atoms with van der Waals surface area (Å²) in [4.78, 5) is 16.9. The van der Waals surface area contributed by atoms with E-state index in [2.05, 4.69) is 72.7 Å². The van der Waals surface area contributed by atoms with Crippen molar-refractivity contribution >= 4 is 35.5 Å². The van der Waals surface area contributed by atoms with Crippen LogP contribution in [0, 0.1) is 13.8 Å². The minimum atomic E-state index is -0.207. The van der Waals surface area contributed by atoms with E-state index in [1.54, 1.807) is 18.3 Å². The molecule has 0 atom stereocenters. The van der Waals surface area contributed by atoms with Crippen LogP contribution in [0.2, 0.25) is 0 Å². The number of anilines is 1. The average Bonchev–Trinajstić information content (AvgIpc) is 2.77. The van der Waals surface area contributed by atoms with Gasteiger partial charge in [0.05, 0.1) is 0 Å². The summed E-state index contributed by atoms with van der Waals surface area (Å²) >= 11 is 0.162. The van der Waals surface area contributed by atoms with Gasteiger partial charge in [0.25, 0.3) is 0 Å². The second-order valence-corrected chi connectivity index (χ2v) is 9.47. The Labute approximate surface area is 183 Å². The summed E-state index contributed by atoms with van der Waals surface area (Å²) < 4.78 is 2.62. The van der Waals surface area contributed by atoms with Crippen LogP contribution in [0.1, 0.15) is 21.6 Å². The van der Waals surface area contributed by atoms with E-state index in [1.165, 1.54) is 20.1 Å². The molecule has 148 valence electrons. The van der Waals surface area contributed by atoms with Crippen molar-refractivity contribution in [3.63, 3.8) is 0 Å². The van der Waals surface area contributed by atoms with Gasteiger partial charge in [-0.3, -0.25) is 0 Å². The molecule has 0 unspecified atom stereocenters. The molecule has 0 fully saturated rings. The van der Waals surface area contributed by atoms with Crippen LogP contribution in [-0.2, 0) is 0 Å². The molecule has 1 amide bonds. The van der Waals surface area contributed by atoms with E-state index in [0.29, 0.717) is 5.69 Å². The minimum absolute atomic E-state index is 0.162. The van der Waals surface area contributed by atoms with Gasteiger partial charge in [0.2, 0.25) is 0 Å². The van der Waals surface area contributed by atoms with Gasteiger partial charge in [-0.2, -0.15) is 0 Å². The molecular formula is C26H22N2OSe. The molecule has 0 bridgehead atoms.